The minimum atomic E-state index is 0.181. The molecular formula is C14H22O. The van der Waals surface area contributed by atoms with Gasteiger partial charge in [0.2, 0.25) is 0 Å². The number of carbonyl (C=O) groups excluding carboxylic acids is 1. The maximum Gasteiger partial charge on any atom is 0.142 e. The van der Waals surface area contributed by atoms with Gasteiger partial charge >= 0.3 is 0 Å². The van der Waals surface area contributed by atoms with E-state index < -0.39 is 0 Å². The number of carbonyl (C=O) groups is 1. The van der Waals surface area contributed by atoms with Gasteiger partial charge in [0.25, 0.3) is 0 Å². The van der Waals surface area contributed by atoms with Crippen molar-refractivity contribution in [1.82, 2.24) is 0 Å². The summed E-state index contributed by atoms with van der Waals surface area (Å²) in [6.07, 6.45) is 9.30. The lowest BCUT2D eigenvalue weighted by Gasteiger charge is -2.44. The van der Waals surface area contributed by atoms with Crippen LogP contribution in [0.5, 0.6) is 0 Å². The van der Waals surface area contributed by atoms with Crippen LogP contribution in [0.1, 0.15) is 40.5 Å². The molecule has 0 aromatic heterocycles. The smallest absolute Gasteiger partial charge is 0.142 e. The Balaban J connectivity index is 3.06. The molecule has 0 saturated carbocycles. The third kappa shape index (κ3) is 2.22. The SMILES string of the molecule is CCC1(C=CC=O)C(C)C=C(C)CC1C. The van der Waals surface area contributed by atoms with Gasteiger partial charge in [-0.3, -0.25) is 4.79 Å². The highest BCUT2D eigenvalue weighted by Crippen LogP contribution is 2.47. The highest BCUT2D eigenvalue weighted by atomic mass is 16.1. The van der Waals surface area contributed by atoms with E-state index in [4.69, 9.17) is 0 Å². The summed E-state index contributed by atoms with van der Waals surface area (Å²) in [6, 6.07) is 0. The Bertz CT molecular complexity index is 288. The molecule has 0 saturated heterocycles. The average molecular weight is 206 g/mol. The van der Waals surface area contributed by atoms with Crippen molar-refractivity contribution in [2.45, 2.75) is 40.5 Å². The predicted molar refractivity (Wildman–Crippen MR) is 64.6 cm³/mol. The fourth-order valence-corrected chi connectivity index (χ4v) is 3.09. The molecule has 1 nitrogen and oxygen atoms in total. The third-order valence-corrected chi connectivity index (χ3v) is 4.03. The molecular weight excluding hydrogens is 184 g/mol. The van der Waals surface area contributed by atoms with Crippen LogP contribution in [0.25, 0.3) is 0 Å². The molecule has 0 aromatic rings. The van der Waals surface area contributed by atoms with Gasteiger partial charge in [0.15, 0.2) is 0 Å². The monoisotopic (exact) mass is 206 g/mol. The van der Waals surface area contributed by atoms with Gasteiger partial charge in [0.1, 0.15) is 6.29 Å². The van der Waals surface area contributed by atoms with Gasteiger partial charge in [-0.05, 0) is 43.1 Å². The van der Waals surface area contributed by atoms with Crippen LogP contribution in [-0.4, -0.2) is 6.29 Å². The first-order valence-corrected chi connectivity index (χ1v) is 5.87. The Hall–Kier alpha value is -0.850. The lowest BCUT2D eigenvalue weighted by atomic mass is 9.61. The molecule has 0 amide bonds. The zero-order chi connectivity index (χ0) is 11.5. The number of aldehydes is 1. The Morgan fingerprint density at radius 2 is 2.20 bits per heavy atom. The highest BCUT2D eigenvalue weighted by Gasteiger charge is 2.38. The number of hydrogen-bond donors (Lipinski definition) is 0. The predicted octanol–water partition coefficient (Wildman–Crippen LogP) is 3.76. The summed E-state index contributed by atoms with van der Waals surface area (Å²) in [5.41, 5.74) is 1.67. The van der Waals surface area contributed by atoms with E-state index in [1.54, 1.807) is 6.08 Å². The molecule has 3 unspecified atom stereocenters. The van der Waals surface area contributed by atoms with Crippen molar-refractivity contribution in [1.29, 1.82) is 0 Å². The standard InChI is InChI=1S/C14H22O/c1-5-14(7-6-8-15)12(3)9-11(2)10-13(14)4/h6-9,12-13H,5,10H2,1-4H3. The van der Waals surface area contributed by atoms with Crippen LogP contribution in [0.2, 0.25) is 0 Å². The average Bonchev–Trinajstić information content (AvgIpc) is 2.17. The number of allylic oxidation sites excluding steroid dienone is 4. The molecule has 1 aliphatic carbocycles. The van der Waals surface area contributed by atoms with Crippen LogP contribution in [0.3, 0.4) is 0 Å². The first-order chi connectivity index (χ1) is 7.06. The normalized spacial score (nSPS) is 36.7. The van der Waals surface area contributed by atoms with Gasteiger partial charge in [-0.1, -0.05) is 38.5 Å². The first kappa shape index (κ1) is 12.2. The molecule has 84 valence electrons. The quantitative estimate of drug-likeness (QED) is 0.390. The van der Waals surface area contributed by atoms with Gasteiger partial charge in [0, 0.05) is 0 Å². The summed E-state index contributed by atoms with van der Waals surface area (Å²) < 4.78 is 0. The Labute approximate surface area is 93.3 Å². The molecule has 3 atom stereocenters. The summed E-state index contributed by atoms with van der Waals surface area (Å²) in [5.74, 6) is 1.15. The summed E-state index contributed by atoms with van der Waals surface area (Å²) in [5, 5.41) is 0. The Kier molecular flexibility index (Phi) is 3.90. The molecule has 0 spiro atoms. The molecule has 1 heteroatoms. The Morgan fingerprint density at radius 3 is 2.67 bits per heavy atom. The molecule has 0 bridgehead atoms. The van der Waals surface area contributed by atoms with Gasteiger partial charge in [-0.25, -0.2) is 0 Å². The topological polar surface area (TPSA) is 17.1 Å². The van der Waals surface area contributed by atoms with E-state index in [1.165, 1.54) is 5.57 Å². The van der Waals surface area contributed by atoms with Gasteiger partial charge in [-0.15, -0.1) is 0 Å². The van der Waals surface area contributed by atoms with E-state index in [9.17, 15) is 4.79 Å². The summed E-state index contributed by atoms with van der Waals surface area (Å²) in [6.45, 7) is 8.98. The van der Waals surface area contributed by atoms with Crippen molar-refractivity contribution in [3.8, 4) is 0 Å². The molecule has 1 rings (SSSR count). The van der Waals surface area contributed by atoms with E-state index in [-0.39, 0.29) is 5.41 Å². The molecule has 0 radical (unpaired) electrons. The zero-order valence-corrected chi connectivity index (χ0v) is 10.3. The second-order valence-corrected chi connectivity index (χ2v) is 4.87. The van der Waals surface area contributed by atoms with Crippen LogP contribution in [0.4, 0.5) is 0 Å². The molecule has 15 heavy (non-hydrogen) atoms. The molecule has 0 aliphatic heterocycles. The van der Waals surface area contributed by atoms with E-state index >= 15 is 0 Å². The number of rotatable bonds is 3. The van der Waals surface area contributed by atoms with Crippen LogP contribution >= 0.6 is 0 Å². The Morgan fingerprint density at radius 1 is 1.53 bits per heavy atom. The zero-order valence-electron chi connectivity index (χ0n) is 10.3. The highest BCUT2D eigenvalue weighted by molar-refractivity contribution is 5.65. The second kappa shape index (κ2) is 4.78. The van der Waals surface area contributed by atoms with Crippen LogP contribution in [-0.2, 0) is 4.79 Å². The maximum absolute atomic E-state index is 10.5. The molecule has 1 aliphatic rings. The van der Waals surface area contributed by atoms with Crippen molar-refractivity contribution >= 4 is 6.29 Å². The fourth-order valence-electron chi connectivity index (χ4n) is 3.09. The minimum absolute atomic E-state index is 0.181. The van der Waals surface area contributed by atoms with Crippen molar-refractivity contribution in [2.24, 2.45) is 17.3 Å². The lowest BCUT2D eigenvalue weighted by molar-refractivity contribution is -0.104. The van der Waals surface area contributed by atoms with E-state index in [1.807, 2.05) is 0 Å². The van der Waals surface area contributed by atoms with Crippen molar-refractivity contribution in [2.75, 3.05) is 0 Å². The maximum atomic E-state index is 10.5. The second-order valence-electron chi connectivity index (χ2n) is 4.87. The molecule has 0 aromatic carbocycles. The lowest BCUT2D eigenvalue weighted by Crippen LogP contribution is -2.35. The van der Waals surface area contributed by atoms with Crippen molar-refractivity contribution in [3.05, 3.63) is 23.8 Å². The van der Waals surface area contributed by atoms with Crippen LogP contribution in [0.15, 0.2) is 23.8 Å². The van der Waals surface area contributed by atoms with Crippen molar-refractivity contribution in [3.63, 3.8) is 0 Å². The summed E-state index contributed by atoms with van der Waals surface area (Å²) in [4.78, 5) is 10.5. The van der Waals surface area contributed by atoms with Crippen LogP contribution < -0.4 is 0 Å². The van der Waals surface area contributed by atoms with Crippen molar-refractivity contribution < 1.29 is 4.79 Å². The molecule has 0 fully saturated rings. The molecule has 0 heterocycles. The minimum Gasteiger partial charge on any atom is -0.299 e. The first-order valence-electron chi connectivity index (χ1n) is 5.87. The van der Waals surface area contributed by atoms with Crippen LogP contribution in [0, 0.1) is 17.3 Å². The summed E-state index contributed by atoms with van der Waals surface area (Å²) in [7, 11) is 0. The number of hydrogen-bond acceptors (Lipinski definition) is 1. The largest absolute Gasteiger partial charge is 0.299 e. The van der Waals surface area contributed by atoms with Gasteiger partial charge < -0.3 is 0 Å². The third-order valence-electron chi connectivity index (χ3n) is 4.03. The van der Waals surface area contributed by atoms with Gasteiger partial charge in [-0.2, -0.15) is 0 Å². The summed E-state index contributed by atoms with van der Waals surface area (Å²) >= 11 is 0. The van der Waals surface area contributed by atoms with E-state index in [0.717, 1.165) is 19.1 Å². The van der Waals surface area contributed by atoms with E-state index in [2.05, 4.69) is 39.8 Å². The molecule has 0 N–H and O–H groups in total. The van der Waals surface area contributed by atoms with E-state index in [0.29, 0.717) is 11.8 Å². The van der Waals surface area contributed by atoms with Gasteiger partial charge in [0.05, 0.1) is 0 Å². The fraction of sp³-hybridized carbons (Fsp3) is 0.643.